The Morgan fingerprint density at radius 3 is 2.29 bits per heavy atom. The number of halogens is 3. The molecule has 0 spiro atoms. The van der Waals surface area contributed by atoms with Gasteiger partial charge >= 0.3 is 6.36 Å². The minimum Gasteiger partial charge on any atom is -0.495 e. The quantitative estimate of drug-likeness (QED) is 0.251. The fourth-order valence-electron chi connectivity index (χ4n) is 4.79. The molecule has 0 atom stereocenters. The summed E-state index contributed by atoms with van der Waals surface area (Å²) in [6.45, 7) is 2.94. The van der Waals surface area contributed by atoms with Gasteiger partial charge < -0.3 is 9.47 Å². The predicted octanol–water partition coefficient (Wildman–Crippen LogP) is 7.74. The normalized spacial score (nSPS) is 15.6. The maximum atomic E-state index is 12.8. The molecule has 4 aromatic carbocycles. The number of hydrogen-bond donors (Lipinski definition) is 0. The largest absolute Gasteiger partial charge is 0.573 e. The number of ether oxygens (including phenoxy) is 2. The first-order valence-electron chi connectivity index (χ1n) is 12.6. The number of morpholine rings is 1. The van der Waals surface area contributed by atoms with Crippen LogP contribution >= 0.6 is 0 Å². The van der Waals surface area contributed by atoms with E-state index in [0.717, 1.165) is 41.1 Å². The highest BCUT2D eigenvalue weighted by Crippen LogP contribution is 2.34. The lowest BCUT2D eigenvalue weighted by atomic mass is 9.91. The molecule has 0 aliphatic carbocycles. The van der Waals surface area contributed by atoms with Crippen LogP contribution in [0.25, 0.3) is 16.7 Å². The molecule has 4 aromatic rings. The van der Waals surface area contributed by atoms with Crippen LogP contribution in [0, 0.1) is 0 Å². The highest BCUT2D eigenvalue weighted by molar-refractivity contribution is 5.75. The summed E-state index contributed by atoms with van der Waals surface area (Å²) in [5.74, 6) is 0.681. The third-order valence-corrected chi connectivity index (χ3v) is 6.52. The first-order chi connectivity index (χ1) is 18.4. The Kier molecular flexibility index (Phi) is 7.80. The average Bonchev–Trinajstić information content (AvgIpc) is 2.92. The van der Waals surface area contributed by atoms with Crippen LogP contribution in [0.5, 0.6) is 5.75 Å². The third kappa shape index (κ3) is 6.64. The second kappa shape index (κ2) is 11.6. The minimum atomic E-state index is -4.74. The summed E-state index contributed by atoms with van der Waals surface area (Å²) in [5.41, 5.74) is 5.89. The van der Waals surface area contributed by atoms with Gasteiger partial charge in [0.25, 0.3) is 0 Å². The number of nitrogens with zero attached hydrogens (tertiary/aromatic N) is 1. The summed E-state index contributed by atoms with van der Waals surface area (Å²) in [7, 11) is 0. The van der Waals surface area contributed by atoms with E-state index in [1.165, 1.54) is 17.7 Å². The van der Waals surface area contributed by atoms with Crippen molar-refractivity contribution < 1.29 is 22.6 Å². The lowest BCUT2D eigenvalue weighted by Gasteiger charge is -2.31. The van der Waals surface area contributed by atoms with Crippen molar-refractivity contribution in [2.24, 2.45) is 0 Å². The molecule has 0 saturated carbocycles. The lowest BCUT2D eigenvalue weighted by molar-refractivity contribution is -0.274. The van der Waals surface area contributed by atoms with Gasteiger partial charge in [0.15, 0.2) is 0 Å². The zero-order chi connectivity index (χ0) is 26.4. The highest BCUT2D eigenvalue weighted by Gasteiger charge is 2.31. The number of allylic oxidation sites excluding steroid dienone is 1. The van der Waals surface area contributed by atoms with Crippen LogP contribution < -0.4 is 4.74 Å². The molecule has 0 aromatic heterocycles. The van der Waals surface area contributed by atoms with E-state index in [1.54, 1.807) is 12.1 Å². The molecule has 5 rings (SSSR count). The molecule has 194 valence electrons. The Morgan fingerprint density at radius 1 is 0.816 bits per heavy atom. The van der Waals surface area contributed by atoms with E-state index in [2.05, 4.69) is 33.9 Å². The fraction of sp³-hybridized carbons (Fsp3) is 0.188. The number of rotatable bonds is 7. The minimum absolute atomic E-state index is 0.237. The molecule has 0 radical (unpaired) electrons. The van der Waals surface area contributed by atoms with Gasteiger partial charge in [-0.05, 0) is 39.9 Å². The molecule has 0 bridgehead atoms. The number of benzene rings is 4. The van der Waals surface area contributed by atoms with E-state index < -0.39 is 6.36 Å². The first kappa shape index (κ1) is 25.6. The molecular formula is C32H28F3NO2. The summed E-state index contributed by atoms with van der Waals surface area (Å²) in [6.07, 6.45) is -4.17. The summed E-state index contributed by atoms with van der Waals surface area (Å²) in [4.78, 5) is 2.38. The molecule has 1 aliphatic heterocycles. The third-order valence-electron chi connectivity index (χ3n) is 6.52. The van der Waals surface area contributed by atoms with Gasteiger partial charge in [0.1, 0.15) is 18.1 Å². The second-order valence-electron chi connectivity index (χ2n) is 9.22. The molecule has 38 heavy (non-hydrogen) atoms. The first-order valence-corrected chi connectivity index (χ1v) is 12.6. The molecule has 0 amide bonds. The van der Waals surface area contributed by atoms with E-state index in [1.807, 2.05) is 60.7 Å². The Hall–Kier alpha value is -4.03. The summed E-state index contributed by atoms with van der Waals surface area (Å²) in [6, 6.07) is 34.4. The number of hydrogen-bond acceptors (Lipinski definition) is 3. The van der Waals surface area contributed by atoms with Gasteiger partial charge in [-0.1, -0.05) is 97.1 Å². The maximum Gasteiger partial charge on any atom is 0.573 e. The molecule has 1 aliphatic rings. The van der Waals surface area contributed by atoms with Crippen LogP contribution in [0.4, 0.5) is 13.2 Å². The van der Waals surface area contributed by atoms with Crippen LogP contribution in [0.2, 0.25) is 0 Å². The van der Waals surface area contributed by atoms with Crippen molar-refractivity contribution in [1.82, 2.24) is 4.90 Å². The molecule has 3 nitrogen and oxygen atoms in total. The van der Waals surface area contributed by atoms with Gasteiger partial charge in [0.05, 0.1) is 6.54 Å². The van der Waals surface area contributed by atoms with Crippen molar-refractivity contribution in [3.05, 3.63) is 132 Å². The molecule has 1 saturated heterocycles. The van der Waals surface area contributed by atoms with Crippen LogP contribution in [0.1, 0.15) is 16.7 Å². The average molecular weight is 516 g/mol. The van der Waals surface area contributed by atoms with Crippen LogP contribution in [0.3, 0.4) is 0 Å². The molecule has 0 unspecified atom stereocenters. The summed E-state index contributed by atoms with van der Waals surface area (Å²) >= 11 is 0. The Labute approximate surface area is 220 Å². The highest BCUT2D eigenvalue weighted by atomic mass is 19.4. The SMILES string of the molecule is FC(F)(F)Oc1cccc(-c2ccccc2CC(=C2CN(Cc3ccccc3)CCO2)c2ccccc2)c1. The molecule has 0 N–H and O–H groups in total. The van der Waals surface area contributed by atoms with Gasteiger partial charge in [-0.3, -0.25) is 4.90 Å². The van der Waals surface area contributed by atoms with Gasteiger partial charge in [0.2, 0.25) is 0 Å². The van der Waals surface area contributed by atoms with Gasteiger partial charge in [-0.2, -0.15) is 0 Å². The molecule has 1 heterocycles. The van der Waals surface area contributed by atoms with Gasteiger partial charge in [-0.15, -0.1) is 13.2 Å². The van der Waals surface area contributed by atoms with Crippen molar-refractivity contribution >= 4 is 5.57 Å². The summed E-state index contributed by atoms with van der Waals surface area (Å²) < 4.78 is 49.0. The maximum absolute atomic E-state index is 12.8. The Bertz CT molecular complexity index is 1380. The van der Waals surface area contributed by atoms with Crippen molar-refractivity contribution in [3.63, 3.8) is 0 Å². The standard InChI is InChI=1S/C32H28F3NO2/c33-32(34,35)38-28-16-9-15-26(20-28)29-17-8-7-14-27(29)21-30(25-12-5-2-6-13-25)31-23-36(18-19-37-31)22-24-10-3-1-4-11-24/h1-17,20H,18-19,21-23H2. The molecular weight excluding hydrogens is 487 g/mol. The van der Waals surface area contributed by atoms with Gasteiger partial charge in [0, 0.05) is 25.1 Å². The van der Waals surface area contributed by atoms with Crippen LogP contribution in [0.15, 0.2) is 115 Å². The topological polar surface area (TPSA) is 21.7 Å². The van der Waals surface area contributed by atoms with E-state index >= 15 is 0 Å². The zero-order valence-electron chi connectivity index (χ0n) is 20.8. The predicted molar refractivity (Wildman–Crippen MR) is 143 cm³/mol. The lowest BCUT2D eigenvalue weighted by Crippen LogP contribution is -2.35. The molecule has 6 heteroatoms. The van der Waals surface area contributed by atoms with E-state index in [-0.39, 0.29) is 5.75 Å². The molecule has 1 fully saturated rings. The summed E-state index contributed by atoms with van der Waals surface area (Å²) in [5, 5.41) is 0. The Morgan fingerprint density at radius 2 is 1.53 bits per heavy atom. The van der Waals surface area contributed by atoms with Gasteiger partial charge in [-0.25, -0.2) is 0 Å². The van der Waals surface area contributed by atoms with E-state index in [4.69, 9.17) is 4.74 Å². The number of alkyl halides is 3. The van der Waals surface area contributed by atoms with Crippen molar-refractivity contribution in [1.29, 1.82) is 0 Å². The second-order valence-corrected chi connectivity index (χ2v) is 9.22. The fourth-order valence-corrected chi connectivity index (χ4v) is 4.79. The van der Waals surface area contributed by atoms with Crippen LogP contribution in [-0.2, 0) is 17.7 Å². The zero-order valence-corrected chi connectivity index (χ0v) is 20.8. The Balaban J connectivity index is 1.48. The van der Waals surface area contributed by atoms with E-state index in [0.29, 0.717) is 25.1 Å². The van der Waals surface area contributed by atoms with E-state index in [9.17, 15) is 13.2 Å². The van der Waals surface area contributed by atoms with Crippen molar-refractivity contribution in [2.75, 3.05) is 19.7 Å². The monoisotopic (exact) mass is 515 g/mol. The van der Waals surface area contributed by atoms with Crippen LogP contribution in [-0.4, -0.2) is 31.0 Å². The van der Waals surface area contributed by atoms with Crippen molar-refractivity contribution in [3.8, 4) is 16.9 Å². The van der Waals surface area contributed by atoms with Crippen molar-refractivity contribution in [2.45, 2.75) is 19.3 Å². The smallest absolute Gasteiger partial charge is 0.495 e.